The van der Waals surface area contributed by atoms with Gasteiger partial charge in [-0.2, -0.15) is 0 Å². The highest BCUT2D eigenvalue weighted by molar-refractivity contribution is 5.84. The maximum Gasteiger partial charge on any atom is 0.227 e. The van der Waals surface area contributed by atoms with Gasteiger partial charge in [0.25, 0.3) is 0 Å². The van der Waals surface area contributed by atoms with Crippen molar-refractivity contribution in [2.45, 2.75) is 18.8 Å². The summed E-state index contributed by atoms with van der Waals surface area (Å²) in [6.07, 6.45) is 4.68. The van der Waals surface area contributed by atoms with Crippen LogP contribution in [0.5, 0.6) is 5.75 Å². The second kappa shape index (κ2) is 9.65. The molecule has 144 valence electrons. The van der Waals surface area contributed by atoms with Crippen LogP contribution in [0.25, 0.3) is 0 Å². The minimum atomic E-state index is -0.402. The van der Waals surface area contributed by atoms with Crippen LogP contribution in [0.3, 0.4) is 0 Å². The van der Waals surface area contributed by atoms with Crippen molar-refractivity contribution in [3.05, 3.63) is 95.6 Å². The molecule has 3 rings (SSSR count). The fourth-order valence-electron chi connectivity index (χ4n) is 3.06. The molecule has 0 aliphatic carbocycles. The summed E-state index contributed by atoms with van der Waals surface area (Å²) in [5.74, 6) is 0.00839. The Kier molecular flexibility index (Phi) is 6.73. The number of rotatable bonds is 8. The highest BCUT2D eigenvalue weighted by Gasteiger charge is 2.21. The van der Waals surface area contributed by atoms with Gasteiger partial charge in [0, 0.05) is 18.9 Å². The van der Waals surface area contributed by atoms with Crippen molar-refractivity contribution in [3.8, 4) is 5.75 Å². The van der Waals surface area contributed by atoms with Gasteiger partial charge in [-0.15, -0.1) is 0 Å². The first-order chi connectivity index (χ1) is 13.7. The van der Waals surface area contributed by atoms with E-state index in [1.165, 1.54) is 12.1 Å². The molecule has 0 aliphatic heterocycles. The van der Waals surface area contributed by atoms with Crippen molar-refractivity contribution < 1.29 is 13.9 Å². The van der Waals surface area contributed by atoms with Crippen LogP contribution in [0.1, 0.15) is 22.6 Å². The zero-order chi connectivity index (χ0) is 19.8. The van der Waals surface area contributed by atoms with Crippen LogP contribution in [-0.4, -0.2) is 24.5 Å². The Morgan fingerprint density at radius 3 is 2.46 bits per heavy atom. The van der Waals surface area contributed by atoms with Crippen LogP contribution >= 0.6 is 0 Å². The first-order valence-electron chi connectivity index (χ1n) is 9.20. The molecule has 1 N–H and O–H groups in total. The van der Waals surface area contributed by atoms with Crippen molar-refractivity contribution in [1.29, 1.82) is 0 Å². The van der Waals surface area contributed by atoms with Gasteiger partial charge in [0.05, 0.1) is 13.0 Å². The summed E-state index contributed by atoms with van der Waals surface area (Å²) in [7, 11) is 1.63. The number of amides is 1. The molecule has 28 heavy (non-hydrogen) atoms. The molecule has 4 nitrogen and oxygen atoms in total. The zero-order valence-electron chi connectivity index (χ0n) is 15.8. The van der Waals surface area contributed by atoms with Crippen molar-refractivity contribution in [2.75, 3.05) is 13.7 Å². The lowest BCUT2D eigenvalue weighted by atomic mass is 9.91. The predicted molar refractivity (Wildman–Crippen MR) is 107 cm³/mol. The Labute approximate surface area is 164 Å². The summed E-state index contributed by atoms with van der Waals surface area (Å²) in [6, 6.07) is 17.7. The quantitative estimate of drug-likeness (QED) is 0.646. The number of nitrogens with zero attached hydrogens (tertiary/aromatic N) is 1. The number of pyridine rings is 1. The predicted octanol–water partition coefficient (Wildman–Crippen LogP) is 3.91. The van der Waals surface area contributed by atoms with Crippen molar-refractivity contribution in [3.63, 3.8) is 0 Å². The number of hydrogen-bond donors (Lipinski definition) is 1. The molecule has 0 bridgehead atoms. The second-order valence-corrected chi connectivity index (χ2v) is 6.56. The van der Waals surface area contributed by atoms with E-state index in [0.29, 0.717) is 13.0 Å². The van der Waals surface area contributed by atoms with Gasteiger partial charge in [-0.3, -0.25) is 9.78 Å². The van der Waals surface area contributed by atoms with Crippen LogP contribution in [0.4, 0.5) is 4.39 Å². The van der Waals surface area contributed by atoms with Gasteiger partial charge in [-0.05, 0) is 59.9 Å². The Bertz CT molecular complexity index is 881. The molecule has 5 heteroatoms. The van der Waals surface area contributed by atoms with Crippen LogP contribution in [0, 0.1) is 5.82 Å². The standard InChI is InChI=1S/C23H23FN2O2/c1-28-21-10-4-17(5-11-21)12-14-26-23(27)22(15-18-3-2-13-25-16-18)19-6-8-20(24)9-7-19/h2-11,13,16,22H,12,14-15H2,1H3,(H,26,27). The second-order valence-electron chi connectivity index (χ2n) is 6.56. The van der Waals surface area contributed by atoms with Crippen LogP contribution < -0.4 is 10.1 Å². The van der Waals surface area contributed by atoms with Gasteiger partial charge in [0.2, 0.25) is 5.91 Å². The number of methoxy groups -OCH3 is 1. The summed E-state index contributed by atoms with van der Waals surface area (Å²) < 4.78 is 18.5. The van der Waals surface area contributed by atoms with Crippen molar-refractivity contribution in [2.24, 2.45) is 0 Å². The molecule has 1 aromatic heterocycles. The summed E-state index contributed by atoms with van der Waals surface area (Å²) >= 11 is 0. The van der Waals surface area contributed by atoms with E-state index in [-0.39, 0.29) is 11.7 Å². The summed E-state index contributed by atoms with van der Waals surface area (Å²) in [5, 5.41) is 3.01. The number of ether oxygens (including phenoxy) is 1. The Morgan fingerprint density at radius 1 is 1.07 bits per heavy atom. The lowest BCUT2D eigenvalue weighted by molar-refractivity contribution is -0.122. The topological polar surface area (TPSA) is 51.2 Å². The minimum Gasteiger partial charge on any atom is -0.497 e. The van der Waals surface area contributed by atoms with Crippen LogP contribution in [0.2, 0.25) is 0 Å². The number of nitrogens with one attached hydrogen (secondary N) is 1. The van der Waals surface area contributed by atoms with E-state index >= 15 is 0 Å². The highest BCUT2D eigenvalue weighted by atomic mass is 19.1. The van der Waals surface area contributed by atoms with Gasteiger partial charge in [0.1, 0.15) is 11.6 Å². The third-order valence-electron chi connectivity index (χ3n) is 4.62. The fourth-order valence-corrected chi connectivity index (χ4v) is 3.06. The van der Waals surface area contributed by atoms with Gasteiger partial charge in [-0.1, -0.05) is 30.3 Å². The third kappa shape index (κ3) is 5.39. The van der Waals surface area contributed by atoms with E-state index in [9.17, 15) is 9.18 Å². The van der Waals surface area contributed by atoms with Gasteiger partial charge < -0.3 is 10.1 Å². The Hall–Kier alpha value is -3.21. The fraction of sp³-hybridized carbons (Fsp3) is 0.217. The molecule has 0 saturated carbocycles. The summed E-state index contributed by atoms with van der Waals surface area (Å²) in [4.78, 5) is 17.0. The van der Waals surface area contributed by atoms with Gasteiger partial charge in [-0.25, -0.2) is 4.39 Å². The van der Waals surface area contributed by atoms with Gasteiger partial charge in [0.15, 0.2) is 0 Å². The monoisotopic (exact) mass is 378 g/mol. The number of aromatic nitrogens is 1. The zero-order valence-corrected chi connectivity index (χ0v) is 15.8. The highest BCUT2D eigenvalue weighted by Crippen LogP contribution is 2.21. The molecule has 0 spiro atoms. The number of carbonyl (C=O) groups is 1. The smallest absolute Gasteiger partial charge is 0.227 e. The normalized spacial score (nSPS) is 11.6. The maximum absolute atomic E-state index is 13.3. The average molecular weight is 378 g/mol. The summed E-state index contributed by atoms with van der Waals surface area (Å²) in [6.45, 7) is 0.524. The molecule has 1 heterocycles. The molecule has 1 atom stereocenters. The SMILES string of the molecule is COc1ccc(CCNC(=O)C(Cc2cccnc2)c2ccc(F)cc2)cc1. The molecular weight excluding hydrogens is 355 g/mol. The van der Waals surface area contributed by atoms with E-state index in [1.54, 1.807) is 31.6 Å². The molecule has 0 saturated heterocycles. The third-order valence-corrected chi connectivity index (χ3v) is 4.62. The van der Waals surface area contributed by atoms with Crippen molar-refractivity contribution in [1.82, 2.24) is 10.3 Å². The molecule has 1 amide bonds. The van der Waals surface area contributed by atoms with Crippen LogP contribution in [-0.2, 0) is 17.6 Å². The van der Waals surface area contributed by atoms with Crippen molar-refractivity contribution >= 4 is 5.91 Å². The number of hydrogen-bond acceptors (Lipinski definition) is 3. The summed E-state index contributed by atoms with van der Waals surface area (Å²) in [5.41, 5.74) is 2.86. The molecule has 0 fully saturated rings. The average Bonchev–Trinajstić information content (AvgIpc) is 2.74. The first kappa shape index (κ1) is 19.5. The van der Waals surface area contributed by atoms with E-state index in [2.05, 4.69) is 10.3 Å². The van der Waals surface area contributed by atoms with Gasteiger partial charge >= 0.3 is 0 Å². The molecule has 0 radical (unpaired) electrons. The Balaban J connectivity index is 1.66. The lowest BCUT2D eigenvalue weighted by Gasteiger charge is -2.17. The van der Waals surface area contributed by atoms with E-state index < -0.39 is 5.92 Å². The minimum absolute atomic E-state index is 0.0797. The number of carbonyl (C=O) groups excluding carboxylic acids is 1. The lowest BCUT2D eigenvalue weighted by Crippen LogP contribution is -2.32. The molecule has 2 aromatic carbocycles. The molecule has 0 aliphatic rings. The number of halogens is 1. The molecular formula is C23H23FN2O2. The van der Waals surface area contributed by atoms with E-state index in [4.69, 9.17) is 4.74 Å². The maximum atomic E-state index is 13.3. The largest absolute Gasteiger partial charge is 0.497 e. The van der Waals surface area contributed by atoms with Crippen LogP contribution in [0.15, 0.2) is 73.1 Å². The van der Waals surface area contributed by atoms with E-state index in [0.717, 1.165) is 28.9 Å². The molecule has 3 aromatic rings. The Morgan fingerprint density at radius 2 is 1.82 bits per heavy atom. The first-order valence-corrected chi connectivity index (χ1v) is 9.20. The number of benzene rings is 2. The van der Waals surface area contributed by atoms with E-state index in [1.807, 2.05) is 36.4 Å². The molecule has 1 unspecified atom stereocenters.